The van der Waals surface area contributed by atoms with Crippen LogP contribution in [0.4, 0.5) is 0 Å². The maximum absolute atomic E-state index is 12.9. The molecule has 2 aromatic carbocycles. The van der Waals surface area contributed by atoms with E-state index in [9.17, 15) is 9.59 Å². The highest BCUT2D eigenvalue weighted by atomic mass is 16.2. The molecule has 2 amide bonds. The molecule has 0 aliphatic carbocycles. The lowest BCUT2D eigenvalue weighted by Gasteiger charge is -2.24. The molecule has 0 aliphatic heterocycles. The number of aromatic nitrogens is 1. The Bertz CT molecular complexity index is 916. The minimum atomic E-state index is -0.597. The van der Waals surface area contributed by atoms with Gasteiger partial charge in [0.25, 0.3) is 0 Å². The molecule has 0 aliphatic rings. The van der Waals surface area contributed by atoms with Gasteiger partial charge in [-0.1, -0.05) is 42.5 Å². The number of H-pyrrole nitrogens is 1. The summed E-state index contributed by atoms with van der Waals surface area (Å²) in [6.07, 6.45) is 2.94. The first-order valence-corrected chi connectivity index (χ1v) is 8.64. The quantitative estimate of drug-likeness (QED) is 0.644. The van der Waals surface area contributed by atoms with Gasteiger partial charge in [0.1, 0.15) is 6.04 Å². The molecular formula is C21H23N3O2. The van der Waals surface area contributed by atoms with E-state index in [0.29, 0.717) is 19.4 Å². The van der Waals surface area contributed by atoms with E-state index >= 15 is 0 Å². The number of aryl methyl sites for hydroxylation is 1. The number of para-hydroxylation sites is 1. The van der Waals surface area contributed by atoms with Gasteiger partial charge in [0.05, 0.1) is 0 Å². The number of fused-ring (bicyclic) bond motifs is 1. The molecule has 3 aromatic rings. The van der Waals surface area contributed by atoms with Crippen molar-refractivity contribution in [2.75, 3.05) is 7.05 Å². The Kier molecular flexibility index (Phi) is 5.37. The van der Waals surface area contributed by atoms with Crippen LogP contribution in [0, 0.1) is 6.92 Å². The van der Waals surface area contributed by atoms with Crippen molar-refractivity contribution in [2.45, 2.75) is 25.9 Å². The number of likely N-dealkylation sites (N-methyl/N-ethyl adjacent to an activating group) is 1. The Morgan fingerprint density at radius 3 is 2.65 bits per heavy atom. The largest absolute Gasteiger partial charge is 0.361 e. The summed E-state index contributed by atoms with van der Waals surface area (Å²) >= 11 is 0. The molecule has 26 heavy (non-hydrogen) atoms. The molecule has 0 bridgehead atoms. The monoisotopic (exact) mass is 349 g/mol. The SMILES string of the molecule is Cc1ccccc1CN(C)C(=O)[C@H](Cc1c[nH]c2ccccc12)NC=O. The molecule has 1 heterocycles. The molecule has 1 aromatic heterocycles. The average Bonchev–Trinajstić information content (AvgIpc) is 3.06. The third-order valence-corrected chi connectivity index (χ3v) is 4.71. The fourth-order valence-corrected chi connectivity index (χ4v) is 3.21. The number of benzene rings is 2. The lowest BCUT2D eigenvalue weighted by Crippen LogP contribution is -2.45. The lowest BCUT2D eigenvalue weighted by atomic mass is 10.0. The van der Waals surface area contributed by atoms with Crippen LogP contribution in [-0.2, 0) is 22.6 Å². The van der Waals surface area contributed by atoms with Crippen LogP contribution in [-0.4, -0.2) is 35.3 Å². The van der Waals surface area contributed by atoms with Crippen LogP contribution in [0.25, 0.3) is 10.9 Å². The molecule has 5 nitrogen and oxygen atoms in total. The first-order chi connectivity index (χ1) is 12.6. The van der Waals surface area contributed by atoms with E-state index in [-0.39, 0.29) is 5.91 Å². The predicted molar refractivity (Wildman–Crippen MR) is 103 cm³/mol. The zero-order valence-corrected chi connectivity index (χ0v) is 15.0. The summed E-state index contributed by atoms with van der Waals surface area (Å²) in [5.74, 6) is -0.106. The molecule has 1 atom stereocenters. The highest BCUT2D eigenvalue weighted by Gasteiger charge is 2.23. The van der Waals surface area contributed by atoms with Crippen LogP contribution < -0.4 is 5.32 Å². The summed E-state index contributed by atoms with van der Waals surface area (Å²) in [7, 11) is 1.77. The molecule has 0 saturated heterocycles. The van der Waals surface area contributed by atoms with Gasteiger partial charge in [0.2, 0.25) is 12.3 Å². The van der Waals surface area contributed by atoms with Gasteiger partial charge in [-0.25, -0.2) is 0 Å². The Labute approximate surface area is 153 Å². The summed E-state index contributed by atoms with van der Waals surface area (Å²) in [6, 6.07) is 15.3. The van der Waals surface area contributed by atoms with Crippen molar-refractivity contribution in [3.63, 3.8) is 0 Å². The van der Waals surface area contributed by atoms with E-state index in [1.54, 1.807) is 11.9 Å². The maximum atomic E-state index is 12.9. The highest BCUT2D eigenvalue weighted by molar-refractivity contribution is 5.87. The summed E-state index contributed by atoms with van der Waals surface area (Å²) in [6.45, 7) is 2.54. The number of rotatable bonds is 7. The second kappa shape index (κ2) is 7.87. The van der Waals surface area contributed by atoms with Crippen LogP contribution in [0.3, 0.4) is 0 Å². The first kappa shape index (κ1) is 17.7. The number of carbonyl (C=O) groups is 2. The van der Waals surface area contributed by atoms with Gasteiger partial charge >= 0.3 is 0 Å². The van der Waals surface area contributed by atoms with Gasteiger partial charge in [-0.05, 0) is 29.7 Å². The van der Waals surface area contributed by atoms with Crippen molar-refractivity contribution in [2.24, 2.45) is 0 Å². The van der Waals surface area contributed by atoms with Crippen LogP contribution in [0.1, 0.15) is 16.7 Å². The number of carbonyl (C=O) groups excluding carboxylic acids is 2. The van der Waals surface area contributed by atoms with E-state index in [0.717, 1.165) is 27.6 Å². The van der Waals surface area contributed by atoms with Crippen LogP contribution in [0.5, 0.6) is 0 Å². The second-order valence-electron chi connectivity index (χ2n) is 6.52. The molecule has 0 spiro atoms. The van der Waals surface area contributed by atoms with Gasteiger partial charge in [-0.3, -0.25) is 9.59 Å². The van der Waals surface area contributed by atoms with Gasteiger partial charge < -0.3 is 15.2 Å². The van der Waals surface area contributed by atoms with Gasteiger partial charge in [-0.15, -0.1) is 0 Å². The molecule has 3 rings (SSSR count). The molecular weight excluding hydrogens is 326 g/mol. The predicted octanol–water partition coefficient (Wildman–Crippen LogP) is 2.79. The molecule has 5 heteroatoms. The Morgan fingerprint density at radius 2 is 1.88 bits per heavy atom. The molecule has 0 unspecified atom stereocenters. The summed E-state index contributed by atoms with van der Waals surface area (Å²) in [4.78, 5) is 28.8. The number of hydrogen-bond donors (Lipinski definition) is 2. The van der Waals surface area contributed by atoms with Gasteiger partial charge in [0, 0.05) is 37.1 Å². The number of aromatic amines is 1. The van der Waals surface area contributed by atoms with E-state index in [1.165, 1.54) is 0 Å². The van der Waals surface area contributed by atoms with Crippen LogP contribution >= 0.6 is 0 Å². The fourth-order valence-electron chi connectivity index (χ4n) is 3.21. The van der Waals surface area contributed by atoms with Crippen molar-refractivity contribution < 1.29 is 9.59 Å². The second-order valence-corrected chi connectivity index (χ2v) is 6.52. The standard InChI is InChI=1S/C21H23N3O2/c1-15-7-3-4-8-16(15)13-24(2)21(26)20(23-14-25)11-17-12-22-19-10-6-5-9-18(17)19/h3-10,12,14,20,22H,11,13H2,1-2H3,(H,23,25)/t20-/m0/s1. The minimum Gasteiger partial charge on any atom is -0.361 e. The lowest BCUT2D eigenvalue weighted by molar-refractivity contribution is -0.134. The molecule has 0 radical (unpaired) electrons. The molecule has 0 fully saturated rings. The van der Waals surface area contributed by atoms with E-state index in [4.69, 9.17) is 0 Å². The van der Waals surface area contributed by atoms with Gasteiger partial charge in [-0.2, -0.15) is 0 Å². The molecule has 2 N–H and O–H groups in total. The third-order valence-electron chi connectivity index (χ3n) is 4.71. The zero-order chi connectivity index (χ0) is 18.5. The number of nitrogens with one attached hydrogen (secondary N) is 2. The van der Waals surface area contributed by atoms with Crippen molar-refractivity contribution in [1.82, 2.24) is 15.2 Å². The van der Waals surface area contributed by atoms with E-state index in [1.807, 2.05) is 61.7 Å². The Morgan fingerprint density at radius 1 is 1.15 bits per heavy atom. The smallest absolute Gasteiger partial charge is 0.245 e. The van der Waals surface area contributed by atoms with E-state index < -0.39 is 6.04 Å². The fraction of sp³-hybridized carbons (Fsp3) is 0.238. The normalized spacial score (nSPS) is 11.9. The van der Waals surface area contributed by atoms with Crippen molar-refractivity contribution in [3.8, 4) is 0 Å². The zero-order valence-electron chi connectivity index (χ0n) is 15.0. The maximum Gasteiger partial charge on any atom is 0.245 e. The average molecular weight is 349 g/mol. The van der Waals surface area contributed by atoms with Crippen LogP contribution in [0.15, 0.2) is 54.7 Å². The van der Waals surface area contributed by atoms with Crippen molar-refractivity contribution >= 4 is 23.2 Å². The number of hydrogen-bond acceptors (Lipinski definition) is 2. The summed E-state index contributed by atoms with van der Waals surface area (Å²) in [5.41, 5.74) is 4.27. The van der Waals surface area contributed by atoms with E-state index in [2.05, 4.69) is 10.3 Å². The summed E-state index contributed by atoms with van der Waals surface area (Å²) < 4.78 is 0. The first-order valence-electron chi connectivity index (χ1n) is 8.64. The highest BCUT2D eigenvalue weighted by Crippen LogP contribution is 2.20. The Hall–Kier alpha value is -3.08. The molecule has 134 valence electrons. The topological polar surface area (TPSA) is 65.2 Å². The van der Waals surface area contributed by atoms with Crippen LogP contribution in [0.2, 0.25) is 0 Å². The Balaban J connectivity index is 1.77. The number of amides is 2. The third kappa shape index (κ3) is 3.77. The summed E-state index contributed by atoms with van der Waals surface area (Å²) in [5, 5.41) is 3.75. The van der Waals surface area contributed by atoms with Gasteiger partial charge in [0.15, 0.2) is 0 Å². The number of nitrogens with zero attached hydrogens (tertiary/aromatic N) is 1. The van der Waals surface area contributed by atoms with Crippen molar-refractivity contribution in [1.29, 1.82) is 0 Å². The molecule has 0 saturated carbocycles. The van der Waals surface area contributed by atoms with Crippen molar-refractivity contribution in [3.05, 3.63) is 71.4 Å². The minimum absolute atomic E-state index is 0.106.